The van der Waals surface area contributed by atoms with Crippen LogP contribution < -0.4 is 16.4 Å². The van der Waals surface area contributed by atoms with Gasteiger partial charge in [0, 0.05) is 6.54 Å². The van der Waals surface area contributed by atoms with E-state index >= 15 is 0 Å². The normalized spacial score (nSPS) is 11.9. The van der Waals surface area contributed by atoms with Crippen molar-refractivity contribution in [1.29, 1.82) is 0 Å². The number of hydrogen-bond donors (Lipinski definition) is 4. The molecule has 1 aromatic carbocycles. The van der Waals surface area contributed by atoms with E-state index < -0.39 is 5.91 Å². The van der Waals surface area contributed by atoms with E-state index in [4.69, 9.17) is 5.73 Å². The highest BCUT2D eigenvalue weighted by atomic mass is 32.1. The van der Waals surface area contributed by atoms with Gasteiger partial charge < -0.3 is 21.5 Å². The number of carbonyl (C=O) groups excluding carboxylic acids is 2. The minimum Gasteiger partial charge on any atom is -0.394 e. The molecule has 1 atom stereocenters. The summed E-state index contributed by atoms with van der Waals surface area (Å²) in [5.74, 6) is -0.809. The SMILES string of the molecule is CC[C@@H](CO)NC(=O)c1cccc(C(=O)NCc2ccc3nc(N)sc3c2)n1. The third kappa shape index (κ3) is 4.62. The fraction of sp³-hybridized carbons (Fsp3) is 0.263. The van der Waals surface area contributed by atoms with Crippen LogP contribution in [-0.2, 0) is 6.54 Å². The summed E-state index contributed by atoms with van der Waals surface area (Å²) in [6.07, 6.45) is 0.595. The van der Waals surface area contributed by atoms with Crippen molar-refractivity contribution < 1.29 is 14.7 Å². The lowest BCUT2D eigenvalue weighted by atomic mass is 10.2. The van der Waals surface area contributed by atoms with Gasteiger partial charge in [-0.1, -0.05) is 30.4 Å². The molecule has 8 nitrogen and oxygen atoms in total. The summed E-state index contributed by atoms with van der Waals surface area (Å²) in [5, 5.41) is 15.2. The fourth-order valence-corrected chi connectivity index (χ4v) is 3.39. The predicted octanol–water partition coefficient (Wildman–Crippen LogP) is 1.70. The number of aromatic nitrogens is 2. The topological polar surface area (TPSA) is 130 Å². The van der Waals surface area contributed by atoms with E-state index in [9.17, 15) is 14.7 Å². The molecular formula is C19H21N5O3S. The maximum absolute atomic E-state index is 12.4. The number of carbonyl (C=O) groups is 2. The number of nitrogens with one attached hydrogen (secondary N) is 2. The number of nitrogens with two attached hydrogens (primary N) is 1. The number of aliphatic hydroxyl groups excluding tert-OH is 1. The molecule has 2 amide bonds. The van der Waals surface area contributed by atoms with Crippen LogP contribution >= 0.6 is 11.3 Å². The number of fused-ring (bicyclic) bond motifs is 1. The smallest absolute Gasteiger partial charge is 0.270 e. The Bertz CT molecular complexity index is 1000. The van der Waals surface area contributed by atoms with Crippen LogP contribution in [0.5, 0.6) is 0 Å². The van der Waals surface area contributed by atoms with Crippen molar-refractivity contribution in [1.82, 2.24) is 20.6 Å². The van der Waals surface area contributed by atoms with Gasteiger partial charge in [-0.05, 0) is 36.2 Å². The van der Waals surface area contributed by atoms with Crippen molar-refractivity contribution in [2.75, 3.05) is 12.3 Å². The average molecular weight is 399 g/mol. The van der Waals surface area contributed by atoms with Crippen molar-refractivity contribution >= 4 is 38.5 Å². The maximum atomic E-state index is 12.4. The first kappa shape index (κ1) is 19.7. The molecule has 0 spiro atoms. The van der Waals surface area contributed by atoms with E-state index in [1.54, 1.807) is 12.1 Å². The molecule has 9 heteroatoms. The molecule has 2 heterocycles. The Labute approximate surface area is 165 Å². The fourth-order valence-electron chi connectivity index (χ4n) is 2.59. The highest BCUT2D eigenvalue weighted by Crippen LogP contribution is 2.24. The van der Waals surface area contributed by atoms with E-state index in [0.717, 1.165) is 15.8 Å². The second kappa shape index (κ2) is 8.77. The third-order valence-corrected chi connectivity index (χ3v) is 5.03. The number of aliphatic hydroxyl groups is 1. The van der Waals surface area contributed by atoms with Gasteiger partial charge in [0.15, 0.2) is 5.13 Å². The number of thiazole rings is 1. The molecule has 3 rings (SSSR count). The van der Waals surface area contributed by atoms with Crippen LogP contribution in [0.3, 0.4) is 0 Å². The third-order valence-electron chi connectivity index (χ3n) is 4.19. The van der Waals surface area contributed by atoms with Crippen molar-refractivity contribution in [2.45, 2.75) is 25.9 Å². The number of anilines is 1. The monoisotopic (exact) mass is 399 g/mol. The highest BCUT2D eigenvalue weighted by molar-refractivity contribution is 7.22. The van der Waals surface area contributed by atoms with Crippen molar-refractivity contribution in [2.24, 2.45) is 0 Å². The summed E-state index contributed by atoms with van der Waals surface area (Å²) >= 11 is 1.39. The van der Waals surface area contributed by atoms with Crippen LogP contribution in [0.2, 0.25) is 0 Å². The Kier molecular flexibility index (Phi) is 6.17. The Morgan fingerprint density at radius 1 is 1.18 bits per heavy atom. The summed E-state index contributed by atoms with van der Waals surface area (Å²) in [7, 11) is 0. The molecule has 0 fully saturated rings. The van der Waals surface area contributed by atoms with Gasteiger partial charge in [0.05, 0.1) is 22.9 Å². The number of amides is 2. The number of nitrogens with zero attached hydrogens (tertiary/aromatic N) is 2. The predicted molar refractivity (Wildman–Crippen MR) is 108 cm³/mol. The first-order chi connectivity index (χ1) is 13.5. The van der Waals surface area contributed by atoms with Crippen molar-refractivity contribution in [3.05, 3.63) is 53.3 Å². The quantitative estimate of drug-likeness (QED) is 0.478. The van der Waals surface area contributed by atoms with Crippen LogP contribution in [-0.4, -0.2) is 39.5 Å². The molecule has 0 unspecified atom stereocenters. The van der Waals surface area contributed by atoms with E-state index in [2.05, 4.69) is 20.6 Å². The lowest BCUT2D eigenvalue weighted by molar-refractivity contribution is 0.0909. The van der Waals surface area contributed by atoms with Gasteiger partial charge >= 0.3 is 0 Å². The molecule has 146 valence electrons. The van der Waals surface area contributed by atoms with Gasteiger partial charge in [0.25, 0.3) is 11.8 Å². The summed E-state index contributed by atoms with van der Waals surface area (Å²) in [6, 6.07) is 9.99. The zero-order valence-electron chi connectivity index (χ0n) is 15.3. The van der Waals surface area contributed by atoms with E-state index in [1.807, 2.05) is 25.1 Å². The summed E-state index contributed by atoms with van der Waals surface area (Å²) < 4.78 is 0.954. The Balaban J connectivity index is 1.65. The van der Waals surface area contributed by atoms with Gasteiger partial charge in [-0.3, -0.25) is 9.59 Å². The lowest BCUT2D eigenvalue weighted by Crippen LogP contribution is -2.37. The highest BCUT2D eigenvalue weighted by Gasteiger charge is 2.15. The molecule has 5 N–H and O–H groups in total. The van der Waals surface area contributed by atoms with E-state index in [1.165, 1.54) is 17.4 Å². The first-order valence-electron chi connectivity index (χ1n) is 8.82. The molecule has 0 aliphatic carbocycles. The molecule has 0 radical (unpaired) electrons. The Morgan fingerprint density at radius 3 is 2.64 bits per heavy atom. The summed E-state index contributed by atoms with van der Waals surface area (Å²) in [6.45, 7) is 2.02. The molecule has 0 aliphatic heterocycles. The molecule has 0 saturated heterocycles. The molecule has 0 bridgehead atoms. The standard InChI is InChI=1S/C19H21N5O3S/c1-2-12(10-25)22-18(27)15-5-3-4-14(23-15)17(26)21-9-11-6-7-13-16(8-11)28-19(20)24-13/h3-8,12,25H,2,9-10H2,1H3,(H2,20,24)(H,21,26)(H,22,27)/t12-/m0/s1. The van der Waals surface area contributed by atoms with Gasteiger partial charge in [0.1, 0.15) is 11.4 Å². The number of hydrogen-bond acceptors (Lipinski definition) is 7. The van der Waals surface area contributed by atoms with Gasteiger partial charge in [-0.25, -0.2) is 9.97 Å². The Morgan fingerprint density at radius 2 is 1.93 bits per heavy atom. The maximum Gasteiger partial charge on any atom is 0.270 e. The lowest BCUT2D eigenvalue weighted by Gasteiger charge is -2.13. The minimum absolute atomic E-state index is 0.126. The van der Waals surface area contributed by atoms with Crippen LogP contribution in [0.1, 0.15) is 39.9 Å². The second-order valence-corrected chi connectivity index (χ2v) is 7.27. The van der Waals surface area contributed by atoms with Crippen LogP contribution in [0, 0.1) is 0 Å². The summed E-state index contributed by atoms with van der Waals surface area (Å²) in [5.41, 5.74) is 7.71. The largest absolute Gasteiger partial charge is 0.394 e. The van der Waals surface area contributed by atoms with Gasteiger partial charge in [-0.15, -0.1) is 0 Å². The van der Waals surface area contributed by atoms with Crippen LogP contribution in [0.4, 0.5) is 5.13 Å². The number of nitrogen functional groups attached to an aromatic ring is 1. The molecule has 2 aromatic heterocycles. The van der Waals surface area contributed by atoms with Crippen molar-refractivity contribution in [3.63, 3.8) is 0 Å². The van der Waals surface area contributed by atoms with E-state index in [0.29, 0.717) is 18.1 Å². The molecule has 28 heavy (non-hydrogen) atoms. The number of benzene rings is 1. The first-order valence-corrected chi connectivity index (χ1v) is 9.63. The van der Waals surface area contributed by atoms with Crippen LogP contribution in [0.25, 0.3) is 10.2 Å². The van der Waals surface area contributed by atoms with Crippen molar-refractivity contribution in [3.8, 4) is 0 Å². The average Bonchev–Trinajstić information content (AvgIpc) is 3.09. The molecular weight excluding hydrogens is 378 g/mol. The minimum atomic E-state index is -0.427. The molecule has 0 aliphatic rings. The van der Waals surface area contributed by atoms with E-state index in [-0.39, 0.29) is 29.9 Å². The second-order valence-electron chi connectivity index (χ2n) is 6.21. The van der Waals surface area contributed by atoms with Gasteiger partial charge in [0.2, 0.25) is 0 Å². The zero-order chi connectivity index (χ0) is 20.1. The van der Waals surface area contributed by atoms with Gasteiger partial charge in [-0.2, -0.15) is 0 Å². The molecule has 3 aromatic rings. The number of pyridine rings is 1. The summed E-state index contributed by atoms with van der Waals surface area (Å²) in [4.78, 5) is 33.0. The zero-order valence-corrected chi connectivity index (χ0v) is 16.1. The number of rotatable bonds is 7. The molecule has 0 saturated carbocycles. The Hall–Kier alpha value is -3.04. The van der Waals surface area contributed by atoms with Crippen LogP contribution in [0.15, 0.2) is 36.4 Å².